The highest BCUT2D eigenvalue weighted by Gasteiger charge is 2.22. The molecule has 0 atom stereocenters. The fourth-order valence-corrected chi connectivity index (χ4v) is 2.01. The zero-order valence-electron chi connectivity index (χ0n) is 12.4. The second-order valence-electron chi connectivity index (χ2n) is 5.94. The monoisotopic (exact) mass is 244 g/mol. The Morgan fingerprint density at radius 3 is 2.28 bits per heavy atom. The van der Waals surface area contributed by atoms with Crippen molar-refractivity contribution in [3.05, 3.63) is 41.1 Å². The Bertz CT molecular complexity index is 469. The largest absolute Gasteiger partial charge is 0.496 e. The van der Waals surface area contributed by atoms with Gasteiger partial charge in [0.05, 0.1) is 7.11 Å². The molecule has 0 fully saturated rings. The predicted octanol–water partition coefficient (Wildman–Crippen LogP) is 4.91. The fourth-order valence-electron chi connectivity index (χ4n) is 2.01. The van der Waals surface area contributed by atoms with Crippen molar-refractivity contribution < 1.29 is 4.74 Å². The summed E-state index contributed by atoms with van der Waals surface area (Å²) in [4.78, 5) is 0. The minimum atomic E-state index is 0.0556. The SMILES string of the molecule is C=C=Cc1cc(C(C)C)cc(C(C)(C)C)c1OC. The molecule has 0 saturated heterocycles. The summed E-state index contributed by atoms with van der Waals surface area (Å²) >= 11 is 0. The van der Waals surface area contributed by atoms with Crippen LogP contribution in [0.3, 0.4) is 0 Å². The summed E-state index contributed by atoms with van der Waals surface area (Å²) in [5.74, 6) is 1.43. The van der Waals surface area contributed by atoms with E-state index < -0.39 is 0 Å². The lowest BCUT2D eigenvalue weighted by molar-refractivity contribution is 0.396. The molecule has 0 aliphatic carbocycles. The normalized spacial score (nSPS) is 11.3. The quantitative estimate of drug-likeness (QED) is 0.686. The number of methoxy groups -OCH3 is 1. The zero-order chi connectivity index (χ0) is 13.9. The van der Waals surface area contributed by atoms with Gasteiger partial charge in [0.2, 0.25) is 0 Å². The standard InChI is InChI=1S/C17H24O/c1-8-9-13-10-14(12(2)3)11-15(16(13)18-7)17(4,5)6/h9-12H,1H2,2-7H3. The molecule has 0 aliphatic rings. The molecule has 1 aromatic rings. The molecule has 1 rings (SSSR count). The van der Waals surface area contributed by atoms with Crippen molar-refractivity contribution in [3.63, 3.8) is 0 Å². The van der Waals surface area contributed by atoms with Crippen molar-refractivity contribution in [2.24, 2.45) is 0 Å². The molecular weight excluding hydrogens is 220 g/mol. The molecule has 1 heteroatoms. The smallest absolute Gasteiger partial charge is 0.130 e. The van der Waals surface area contributed by atoms with Gasteiger partial charge in [-0.3, -0.25) is 0 Å². The number of benzene rings is 1. The van der Waals surface area contributed by atoms with E-state index in [0.29, 0.717) is 5.92 Å². The molecular formula is C17H24O. The molecule has 0 radical (unpaired) electrons. The van der Waals surface area contributed by atoms with Crippen molar-refractivity contribution in [1.29, 1.82) is 0 Å². The molecule has 0 saturated carbocycles. The van der Waals surface area contributed by atoms with Gasteiger partial charge in [-0.05, 0) is 29.0 Å². The number of hydrogen-bond acceptors (Lipinski definition) is 1. The Labute approximate surface area is 111 Å². The summed E-state index contributed by atoms with van der Waals surface area (Å²) in [5, 5.41) is 0. The van der Waals surface area contributed by atoms with Gasteiger partial charge in [-0.1, -0.05) is 47.3 Å². The molecule has 0 heterocycles. The molecule has 98 valence electrons. The maximum atomic E-state index is 5.59. The lowest BCUT2D eigenvalue weighted by Gasteiger charge is -2.25. The van der Waals surface area contributed by atoms with Crippen LogP contribution in [-0.4, -0.2) is 7.11 Å². The second kappa shape index (κ2) is 5.46. The van der Waals surface area contributed by atoms with Crippen LogP contribution in [0.15, 0.2) is 24.4 Å². The predicted molar refractivity (Wildman–Crippen MR) is 79.4 cm³/mol. The zero-order valence-corrected chi connectivity index (χ0v) is 12.4. The van der Waals surface area contributed by atoms with Crippen molar-refractivity contribution >= 4 is 6.08 Å². The Balaban J connectivity index is 3.61. The van der Waals surface area contributed by atoms with E-state index in [2.05, 4.69) is 59.1 Å². The summed E-state index contributed by atoms with van der Waals surface area (Å²) < 4.78 is 5.59. The Hall–Kier alpha value is -1.46. The first-order valence-corrected chi connectivity index (χ1v) is 6.39. The van der Waals surface area contributed by atoms with Crippen molar-refractivity contribution in [3.8, 4) is 5.75 Å². The lowest BCUT2D eigenvalue weighted by Crippen LogP contribution is -2.14. The fraction of sp³-hybridized carbons (Fsp3) is 0.471. The molecule has 0 bridgehead atoms. The minimum Gasteiger partial charge on any atom is -0.496 e. The maximum absolute atomic E-state index is 5.59. The van der Waals surface area contributed by atoms with Gasteiger partial charge in [0.1, 0.15) is 5.75 Å². The van der Waals surface area contributed by atoms with E-state index in [0.717, 1.165) is 11.3 Å². The first-order chi connectivity index (χ1) is 8.31. The van der Waals surface area contributed by atoms with Crippen LogP contribution in [0.4, 0.5) is 0 Å². The van der Waals surface area contributed by atoms with Crippen LogP contribution < -0.4 is 4.74 Å². The van der Waals surface area contributed by atoms with Crippen LogP contribution in [0.1, 0.15) is 57.2 Å². The molecule has 18 heavy (non-hydrogen) atoms. The van der Waals surface area contributed by atoms with Gasteiger partial charge < -0.3 is 4.74 Å². The number of ether oxygens (including phenoxy) is 1. The van der Waals surface area contributed by atoms with E-state index in [1.165, 1.54) is 11.1 Å². The van der Waals surface area contributed by atoms with Crippen molar-refractivity contribution in [2.45, 2.75) is 46.0 Å². The first kappa shape index (κ1) is 14.6. The minimum absolute atomic E-state index is 0.0556. The van der Waals surface area contributed by atoms with Gasteiger partial charge in [0.25, 0.3) is 0 Å². The summed E-state index contributed by atoms with van der Waals surface area (Å²) in [6.07, 6.45) is 1.89. The summed E-state index contributed by atoms with van der Waals surface area (Å²) in [5.41, 5.74) is 6.52. The van der Waals surface area contributed by atoms with Crippen LogP contribution in [0.2, 0.25) is 0 Å². The summed E-state index contributed by atoms with van der Waals surface area (Å²) in [7, 11) is 1.72. The average molecular weight is 244 g/mol. The second-order valence-corrected chi connectivity index (χ2v) is 5.94. The average Bonchev–Trinajstić information content (AvgIpc) is 2.27. The van der Waals surface area contributed by atoms with Crippen LogP contribution in [-0.2, 0) is 5.41 Å². The molecule has 0 aromatic heterocycles. The Morgan fingerprint density at radius 2 is 1.89 bits per heavy atom. The van der Waals surface area contributed by atoms with Crippen LogP contribution >= 0.6 is 0 Å². The van der Waals surface area contributed by atoms with E-state index >= 15 is 0 Å². The summed E-state index contributed by atoms with van der Waals surface area (Å²) in [6, 6.07) is 4.42. The van der Waals surface area contributed by atoms with Crippen LogP contribution in [0.25, 0.3) is 6.08 Å². The van der Waals surface area contributed by atoms with Gasteiger partial charge in [-0.25, -0.2) is 0 Å². The third-order valence-corrected chi connectivity index (χ3v) is 3.08. The molecule has 1 nitrogen and oxygen atoms in total. The van der Waals surface area contributed by atoms with Crippen LogP contribution in [0.5, 0.6) is 5.75 Å². The number of rotatable bonds is 3. The van der Waals surface area contributed by atoms with Gasteiger partial charge >= 0.3 is 0 Å². The third kappa shape index (κ3) is 3.05. The van der Waals surface area contributed by atoms with Gasteiger partial charge in [0.15, 0.2) is 0 Å². The highest BCUT2D eigenvalue weighted by atomic mass is 16.5. The molecule has 0 spiro atoms. The first-order valence-electron chi connectivity index (χ1n) is 6.39. The molecule has 0 N–H and O–H groups in total. The Morgan fingerprint density at radius 1 is 1.28 bits per heavy atom. The highest BCUT2D eigenvalue weighted by Crippen LogP contribution is 2.37. The van der Waals surface area contributed by atoms with E-state index in [1.807, 2.05) is 6.08 Å². The molecule has 1 aromatic carbocycles. The molecule has 0 unspecified atom stereocenters. The Kier molecular flexibility index (Phi) is 4.43. The van der Waals surface area contributed by atoms with E-state index in [9.17, 15) is 0 Å². The molecule has 0 amide bonds. The van der Waals surface area contributed by atoms with Crippen LogP contribution in [0, 0.1) is 0 Å². The summed E-state index contributed by atoms with van der Waals surface area (Å²) in [6.45, 7) is 14.7. The highest BCUT2D eigenvalue weighted by molar-refractivity contribution is 5.62. The van der Waals surface area contributed by atoms with E-state index in [1.54, 1.807) is 7.11 Å². The maximum Gasteiger partial charge on any atom is 0.130 e. The molecule has 0 aliphatic heterocycles. The third-order valence-electron chi connectivity index (χ3n) is 3.08. The van der Waals surface area contributed by atoms with Crippen molar-refractivity contribution in [2.75, 3.05) is 7.11 Å². The van der Waals surface area contributed by atoms with Gasteiger partial charge in [-0.15, -0.1) is 5.73 Å². The lowest BCUT2D eigenvalue weighted by atomic mass is 9.82. The van der Waals surface area contributed by atoms with Gasteiger partial charge in [-0.2, -0.15) is 0 Å². The van der Waals surface area contributed by atoms with E-state index in [-0.39, 0.29) is 5.41 Å². The van der Waals surface area contributed by atoms with Crippen molar-refractivity contribution in [1.82, 2.24) is 0 Å². The van der Waals surface area contributed by atoms with Gasteiger partial charge in [0, 0.05) is 11.1 Å². The topological polar surface area (TPSA) is 9.23 Å². The van der Waals surface area contributed by atoms with E-state index in [4.69, 9.17) is 4.74 Å². The number of hydrogen-bond donors (Lipinski definition) is 0.